The molecule has 0 aromatic heterocycles. The molecule has 2 atom stereocenters. The molecule has 58 heavy (non-hydrogen) atoms. The van der Waals surface area contributed by atoms with E-state index in [-0.39, 0.29) is 18.5 Å². The number of amides is 1. The second kappa shape index (κ2) is 48.0. The van der Waals surface area contributed by atoms with E-state index in [0.29, 0.717) is 25.9 Å². The molecule has 0 aromatic carbocycles. The van der Waals surface area contributed by atoms with Crippen molar-refractivity contribution < 1.29 is 24.5 Å². The van der Waals surface area contributed by atoms with Crippen LogP contribution in [0.15, 0.2) is 24.3 Å². The average Bonchev–Trinajstić information content (AvgIpc) is 3.22. The quantitative estimate of drug-likeness (QED) is 0.0323. The fourth-order valence-electron chi connectivity index (χ4n) is 7.79. The molecule has 0 saturated heterocycles. The molecular formula is C52H99NO5. The number of hydrogen-bond acceptors (Lipinski definition) is 5. The van der Waals surface area contributed by atoms with Crippen molar-refractivity contribution >= 4 is 11.9 Å². The summed E-state index contributed by atoms with van der Waals surface area (Å²) in [7, 11) is 0. The van der Waals surface area contributed by atoms with E-state index >= 15 is 0 Å². The molecule has 0 aliphatic rings. The van der Waals surface area contributed by atoms with E-state index < -0.39 is 12.1 Å². The summed E-state index contributed by atoms with van der Waals surface area (Å²) in [6, 6.07) is -0.559. The molecule has 2 unspecified atom stereocenters. The largest absolute Gasteiger partial charge is 0.466 e. The Morgan fingerprint density at radius 1 is 0.483 bits per heavy atom. The van der Waals surface area contributed by atoms with Crippen LogP contribution in [0.4, 0.5) is 0 Å². The number of rotatable bonds is 47. The highest BCUT2D eigenvalue weighted by atomic mass is 16.5. The van der Waals surface area contributed by atoms with Gasteiger partial charge in [0.2, 0.25) is 5.91 Å². The highest BCUT2D eigenvalue weighted by Crippen LogP contribution is 2.16. The molecule has 342 valence electrons. The Morgan fingerprint density at radius 3 is 1.38 bits per heavy atom. The monoisotopic (exact) mass is 818 g/mol. The molecule has 0 saturated carbocycles. The van der Waals surface area contributed by atoms with Crippen LogP contribution in [0.2, 0.25) is 0 Å². The van der Waals surface area contributed by atoms with E-state index in [1.54, 1.807) is 0 Å². The minimum Gasteiger partial charge on any atom is -0.466 e. The SMILES string of the molecule is CCC/C=C\C/C=C\CCCCCCCC(=O)OCCCCCCCCCCCCC(=O)NC(CO)C(O)CCCCCCCCCCCCCCCCCCCC. The molecule has 3 N–H and O–H groups in total. The standard InChI is InChI=1S/C52H99NO5/c1-3-5-7-9-11-13-15-17-18-19-20-21-23-24-28-32-36-40-44-50(55)49(48-54)53-51(56)45-41-37-33-29-26-27-31-35-39-43-47-58-52(57)46-42-38-34-30-25-22-16-14-12-10-8-6-4-2/h8,10,14,16,49-50,54-55H,3-7,9,11-13,15,17-48H2,1-2H3,(H,53,56)/b10-8-,16-14-. The fourth-order valence-corrected chi connectivity index (χ4v) is 7.79. The molecule has 0 aromatic rings. The molecule has 6 nitrogen and oxygen atoms in total. The number of nitrogens with one attached hydrogen (secondary N) is 1. The molecule has 0 fully saturated rings. The van der Waals surface area contributed by atoms with Crippen molar-refractivity contribution in [3.05, 3.63) is 24.3 Å². The van der Waals surface area contributed by atoms with Gasteiger partial charge in [-0.1, -0.05) is 231 Å². The minimum atomic E-state index is -0.680. The summed E-state index contributed by atoms with van der Waals surface area (Å²) in [5.41, 5.74) is 0. The first-order valence-corrected chi connectivity index (χ1v) is 25.6. The van der Waals surface area contributed by atoms with Crippen molar-refractivity contribution in [3.63, 3.8) is 0 Å². The zero-order chi connectivity index (χ0) is 42.3. The Morgan fingerprint density at radius 2 is 0.897 bits per heavy atom. The summed E-state index contributed by atoms with van der Waals surface area (Å²) in [5.74, 6) is -0.0916. The van der Waals surface area contributed by atoms with Crippen molar-refractivity contribution in [2.24, 2.45) is 0 Å². The highest BCUT2D eigenvalue weighted by molar-refractivity contribution is 5.76. The van der Waals surface area contributed by atoms with Crippen molar-refractivity contribution in [3.8, 4) is 0 Å². The Kier molecular flexibility index (Phi) is 46.6. The van der Waals surface area contributed by atoms with Crippen LogP contribution in [-0.4, -0.2) is 47.4 Å². The molecule has 6 heteroatoms. The van der Waals surface area contributed by atoms with Crippen LogP contribution in [0.25, 0.3) is 0 Å². The second-order valence-corrected chi connectivity index (χ2v) is 17.5. The van der Waals surface area contributed by atoms with Crippen LogP contribution < -0.4 is 5.32 Å². The van der Waals surface area contributed by atoms with Crippen molar-refractivity contribution in [2.45, 2.75) is 283 Å². The van der Waals surface area contributed by atoms with Gasteiger partial charge in [-0.25, -0.2) is 0 Å². The number of carbonyl (C=O) groups excluding carboxylic acids is 2. The lowest BCUT2D eigenvalue weighted by Crippen LogP contribution is -2.45. The maximum absolute atomic E-state index is 12.5. The third-order valence-electron chi connectivity index (χ3n) is 11.7. The lowest BCUT2D eigenvalue weighted by molar-refractivity contribution is -0.143. The van der Waals surface area contributed by atoms with Crippen LogP contribution in [0.5, 0.6) is 0 Å². The number of aliphatic hydroxyl groups excluding tert-OH is 2. The fraction of sp³-hybridized carbons (Fsp3) is 0.885. The van der Waals surface area contributed by atoms with E-state index in [1.807, 2.05) is 0 Å². The zero-order valence-electron chi connectivity index (χ0n) is 38.8. The predicted molar refractivity (Wildman–Crippen MR) is 250 cm³/mol. The summed E-state index contributed by atoms with van der Waals surface area (Å²) >= 11 is 0. The van der Waals surface area contributed by atoms with Gasteiger partial charge in [-0.05, 0) is 51.4 Å². The number of carbonyl (C=O) groups is 2. The van der Waals surface area contributed by atoms with Gasteiger partial charge in [-0.2, -0.15) is 0 Å². The Balaban J connectivity index is 3.49. The maximum Gasteiger partial charge on any atom is 0.305 e. The molecule has 0 radical (unpaired) electrons. The first-order chi connectivity index (χ1) is 28.5. The van der Waals surface area contributed by atoms with Crippen LogP contribution in [0.1, 0.15) is 271 Å². The van der Waals surface area contributed by atoms with Gasteiger partial charge in [-0.3, -0.25) is 9.59 Å². The Hall–Kier alpha value is -1.66. The lowest BCUT2D eigenvalue weighted by Gasteiger charge is -2.22. The van der Waals surface area contributed by atoms with E-state index in [9.17, 15) is 19.8 Å². The number of esters is 1. The first-order valence-electron chi connectivity index (χ1n) is 25.6. The van der Waals surface area contributed by atoms with Crippen LogP contribution >= 0.6 is 0 Å². The normalized spacial score (nSPS) is 12.8. The molecule has 0 rings (SSSR count). The van der Waals surface area contributed by atoms with Crippen LogP contribution in [0, 0.1) is 0 Å². The number of ether oxygens (including phenoxy) is 1. The first kappa shape index (κ1) is 56.3. The van der Waals surface area contributed by atoms with E-state index in [4.69, 9.17) is 4.74 Å². The smallest absolute Gasteiger partial charge is 0.305 e. The Bertz CT molecular complexity index is 904. The van der Waals surface area contributed by atoms with Crippen molar-refractivity contribution in [2.75, 3.05) is 13.2 Å². The van der Waals surface area contributed by atoms with Gasteiger partial charge in [-0.15, -0.1) is 0 Å². The summed E-state index contributed by atoms with van der Waals surface area (Å²) in [6.45, 7) is 4.84. The van der Waals surface area contributed by atoms with Crippen LogP contribution in [0.3, 0.4) is 0 Å². The lowest BCUT2D eigenvalue weighted by atomic mass is 10.0. The van der Waals surface area contributed by atoms with Gasteiger partial charge in [0.05, 0.1) is 25.4 Å². The van der Waals surface area contributed by atoms with Gasteiger partial charge < -0.3 is 20.3 Å². The van der Waals surface area contributed by atoms with Gasteiger partial charge in [0.25, 0.3) is 0 Å². The molecule has 0 bridgehead atoms. The minimum absolute atomic E-state index is 0.0339. The summed E-state index contributed by atoms with van der Waals surface area (Å²) in [6.07, 6.45) is 55.7. The summed E-state index contributed by atoms with van der Waals surface area (Å²) < 4.78 is 5.44. The van der Waals surface area contributed by atoms with Gasteiger partial charge in [0, 0.05) is 12.8 Å². The average molecular weight is 818 g/mol. The molecule has 0 aliphatic heterocycles. The van der Waals surface area contributed by atoms with E-state index in [1.165, 1.54) is 167 Å². The third kappa shape index (κ3) is 43.9. The van der Waals surface area contributed by atoms with Crippen molar-refractivity contribution in [1.82, 2.24) is 5.32 Å². The summed E-state index contributed by atoms with van der Waals surface area (Å²) in [4.78, 5) is 24.5. The maximum atomic E-state index is 12.5. The Labute approximate surface area is 361 Å². The topological polar surface area (TPSA) is 95.9 Å². The van der Waals surface area contributed by atoms with E-state index in [0.717, 1.165) is 70.6 Å². The van der Waals surface area contributed by atoms with E-state index in [2.05, 4.69) is 43.5 Å². The van der Waals surface area contributed by atoms with Crippen LogP contribution in [-0.2, 0) is 14.3 Å². The summed E-state index contributed by atoms with van der Waals surface area (Å²) in [5, 5.41) is 23.2. The molecule has 0 spiro atoms. The second-order valence-electron chi connectivity index (χ2n) is 17.5. The van der Waals surface area contributed by atoms with Gasteiger partial charge >= 0.3 is 5.97 Å². The molecule has 1 amide bonds. The predicted octanol–water partition coefficient (Wildman–Crippen LogP) is 15.1. The highest BCUT2D eigenvalue weighted by Gasteiger charge is 2.20. The number of aliphatic hydroxyl groups is 2. The zero-order valence-corrected chi connectivity index (χ0v) is 38.8. The number of unbranched alkanes of at least 4 members (excludes halogenated alkanes) is 32. The van der Waals surface area contributed by atoms with Gasteiger partial charge in [0.15, 0.2) is 0 Å². The number of hydrogen-bond donors (Lipinski definition) is 3. The van der Waals surface area contributed by atoms with Gasteiger partial charge in [0.1, 0.15) is 0 Å². The molecular weight excluding hydrogens is 719 g/mol. The number of allylic oxidation sites excluding steroid dienone is 4. The molecule has 0 heterocycles. The van der Waals surface area contributed by atoms with Crippen molar-refractivity contribution in [1.29, 1.82) is 0 Å². The molecule has 0 aliphatic carbocycles. The third-order valence-corrected chi connectivity index (χ3v) is 11.7.